The van der Waals surface area contributed by atoms with E-state index in [0.29, 0.717) is 34.3 Å². The van der Waals surface area contributed by atoms with Crippen molar-refractivity contribution in [2.75, 3.05) is 11.5 Å². The number of nitrogens with one attached hydrogen (secondary N) is 1. The van der Waals surface area contributed by atoms with E-state index in [9.17, 15) is 9.18 Å². The van der Waals surface area contributed by atoms with Gasteiger partial charge in [0.15, 0.2) is 0 Å². The minimum absolute atomic E-state index is 0.226. The Morgan fingerprint density at radius 2 is 1.79 bits per heavy atom. The predicted molar refractivity (Wildman–Crippen MR) is 111 cm³/mol. The van der Waals surface area contributed by atoms with Crippen molar-refractivity contribution in [2.45, 2.75) is 13.3 Å². The number of aromatic nitrogens is 2. The molecule has 0 radical (unpaired) electrons. The minimum Gasteiger partial charge on any atom is -0.397 e. The summed E-state index contributed by atoms with van der Waals surface area (Å²) in [5.74, 6) is -0.344. The van der Waals surface area contributed by atoms with Gasteiger partial charge in [0.05, 0.1) is 22.5 Å². The lowest BCUT2D eigenvalue weighted by Crippen LogP contribution is -2.11. The standard InChI is InChI=1S/C22H19FN4O/c1-12-2-5-15-17(8-12)21(26-27-22(15)28)10-13-3-6-18(23)16(9-13)14-4-7-19(24)20(25)11-14/h2-9,11H,10,24-25H2,1H3,(H,27,28). The molecule has 4 rings (SSSR count). The molecule has 0 unspecified atom stereocenters. The number of fused-ring (bicyclic) bond motifs is 1. The van der Waals surface area contributed by atoms with Crippen LogP contribution in [0.5, 0.6) is 0 Å². The fourth-order valence-electron chi connectivity index (χ4n) is 3.31. The monoisotopic (exact) mass is 374 g/mol. The molecule has 6 heteroatoms. The number of hydrogen-bond donors (Lipinski definition) is 3. The number of nitrogens with zero attached hydrogens (tertiary/aromatic N) is 1. The molecule has 28 heavy (non-hydrogen) atoms. The first-order valence-electron chi connectivity index (χ1n) is 8.84. The van der Waals surface area contributed by atoms with Gasteiger partial charge in [-0.05, 0) is 54.4 Å². The second-order valence-corrected chi connectivity index (χ2v) is 6.88. The van der Waals surface area contributed by atoms with Gasteiger partial charge < -0.3 is 11.5 Å². The largest absolute Gasteiger partial charge is 0.397 e. The summed E-state index contributed by atoms with van der Waals surface area (Å²) in [6.07, 6.45) is 0.453. The fraction of sp³-hybridized carbons (Fsp3) is 0.0909. The third-order valence-electron chi connectivity index (χ3n) is 4.82. The van der Waals surface area contributed by atoms with Crippen molar-refractivity contribution in [3.05, 3.63) is 87.6 Å². The van der Waals surface area contributed by atoms with Crippen molar-refractivity contribution in [3.8, 4) is 11.1 Å². The number of aryl methyl sites for hydroxylation is 1. The third kappa shape index (κ3) is 3.20. The van der Waals surface area contributed by atoms with Crippen LogP contribution in [0.25, 0.3) is 21.9 Å². The summed E-state index contributed by atoms with van der Waals surface area (Å²) >= 11 is 0. The highest BCUT2D eigenvalue weighted by Gasteiger charge is 2.11. The predicted octanol–water partition coefficient (Wildman–Crippen LogP) is 3.79. The smallest absolute Gasteiger partial charge is 0.272 e. The highest BCUT2D eigenvalue weighted by atomic mass is 19.1. The summed E-state index contributed by atoms with van der Waals surface area (Å²) in [7, 11) is 0. The van der Waals surface area contributed by atoms with Crippen molar-refractivity contribution in [1.29, 1.82) is 0 Å². The topological polar surface area (TPSA) is 97.8 Å². The molecule has 0 aliphatic heterocycles. The number of H-pyrrole nitrogens is 1. The molecule has 0 saturated carbocycles. The Kier molecular flexibility index (Phi) is 4.31. The molecule has 5 nitrogen and oxygen atoms in total. The lowest BCUT2D eigenvalue weighted by atomic mass is 9.98. The van der Waals surface area contributed by atoms with Crippen LogP contribution >= 0.6 is 0 Å². The van der Waals surface area contributed by atoms with E-state index in [-0.39, 0.29) is 11.4 Å². The summed E-state index contributed by atoms with van der Waals surface area (Å²) in [6, 6.07) is 15.6. The molecule has 140 valence electrons. The first kappa shape index (κ1) is 17.7. The first-order chi connectivity index (χ1) is 13.4. The summed E-state index contributed by atoms with van der Waals surface area (Å²) in [5, 5.41) is 8.15. The Morgan fingerprint density at radius 1 is 0.964 bits per heavy atom. The second kappa shape index (κ2) is 6.81. The molecular formula is C22H19FN4O. The van der Waals surface area contributed by atoms with Gasteiger partial charge in [-0.1, -0.05) is 23.8 Å². The molecule has 4 aromatic rings. The number of rotatable bonds is 3. The lowest BCUT2D eigenvalue weighted by Gasteiger charge is -2.10. The zero-order valence-corrected chi connectivity index (χ0v) is 15.3. The molecule has 0 amide bonds. The molecule has 1 aromatic heterocycles. The average Bonchev–Trinajstić information content (AvgIpc) is 2.67. The molecule has 0 fully saturated rings. The zero-order valence-electron chi connectivity index (χ0n) is 15.3. The zero-order chi connectivity index (χ0) is 19.8. The van der Waals surface area contributed by atoms with Gasteiger partial charge in [-0.2, -0.15) is 5.10 Å². The normalized spacial score (nSPS) is 11.1. The van der Waals surface area contributed by atoms with Crippen LogP contribution in [-0.2, 0) is 6.42 Å². The Labute approximate surface area is 160 Å². The van der Waals surface area contributed by atoms with Gasteiger partial charge in [0, 0.05) is 17.4 Å². The number of hydrogen-bond acceptors (Lipinski definition) is 4. The molecular weight excluding hydrogens is 355 g/mol. The number of nitrogen functional groups attached to an aromatic ring is 2. The Morgan fingerprint density at radius 3 is 2.57 bits per heavy atom. The van der Waals surface area contributed by atoms with Gasteiger partial charge in [0.2, 0.25) is 0 Å². The van der Waals surface area contributed by atoms with Gasteiger partial charge in [-0.25, -0.2) is 9.49 Å². The van der Waals surface area contributed by atoms with Crippen LogP contribution in [0.1, 0.15) is 16.8 Å². The van der Waals surface area contributed by atoms with Crippen molar-refractivity contribution in [1.82, 2.24) is 10.2 Å². The van der Waals surface area contributed by atoms with Gasteiger partial charge in [0.1, 0.15) is 5.82 Å². The molecule has 0 aliphatic carbocycles. The van der Waals surface area contributed by atoms with Gasteiger partial charge in [-0.3, -0.25) is 4.79 Å². The third-order valence-corrected chi connectivity index (χ3v) is 4.82. The highest BCUT2D eigenvalue weighted by molar-refractivity contribution is 5.84. The molecule has 0 saturated heterocycles. The fourth-order valence-corrected chi connectivity index (χ4v) is 3.31. The van der Waals surface area contributed by atoms with Crippen molar-refractivity contribution in [2.24, 2.45) is 0 Å². The van der Waals surface area contributed by atoms with E-state index in [1.807, 2.05) is 19.1 Å². The van der Waals surface area contributed by atoms with E-state index >= 15 is 0 Å². The van der Waals surface area contributed by atoms with Crippen LogP contribution < -0.4 is 17.0 Å². The average molecular weight is 374 g/mol. The number of benzene rings is 3. The number of halogens is 1. The van der Waals surface area contributed by atoms with Gasteiger partial charge in [-0.15, -0.1) is 0 Å². The van der Waals surface area contributed by atoms with E-state index < -0.39 is 0 Å². The second-order valence-electron chi connectivity index (χ2n) is 6.88. The summed E-state index contributed by atoms with van der Waals surface area (Å²) < 4.78 is 14.5. The van der Waals surface area contributed by atoms with Crippen LogP contribution in [0.15, 0.2) is 59.4 Å². The van der Waals surface area contributed by atoms with Crippen molar-refractivity contribution < 1.29 is 4.39 Å². The van der Waals surface area contributed by atoms with Crippen LogP contribution in [0.2, 0.25) is 0 Å². The van der Waals surface area contributed by atoms with Gasteiger partial charge >= 0.3 is 0 Å². The van der Waals surface area contributed by atoms with E-state index in [1.54, 1.807) is 36.4 Å². The maximum atomic E-state index is 14.5. The molecule has 0 atom stereocenters. The quantitative estimate of drug-likeness (QED) is 0.475. The highest BCUT2D eigenvalue weighted by Crippen LogP contribution is 2.29. The maximum Gasteiger partial charge on any atom is 0.272 e. The van der Waals surface area contributed by atoms with E-state index in [2.05, 4.69) is 10.2 Å². The van der Waals surface area contributed by atoms with E-state index in [1.165, 1.54) is 6.07 Å². The number of aromatic amines is 1. The number of anilines is 2. The van der Waals surface area contributed by atoms with E-state index in [0.717, 1.165) is 22.2 Å². The molecule has 0 aliphatic rings. The Balaban J connectivity index is 1.79. The Hall–Kier alpha value is -3.67. The van der Waals surface area contributed by atoms with Crippen molar-refractivity contribution in [3.63, 3.8) is 0 Å². The summed E-state index contributed by atoms with van der Waals surface area (Å²) in [4.78, 5) is 12.0. The number of nitrogens with two attached hydrogens (primary N) is 2. The molecule has 0 bridgehead atoms. The van der Waals surface area contributed by atoms with Crippen LogP contribution in [-0.4, -0.2) is 10.2 Å². The van der Waals surface area contributed by atoms with Crippen LogP contribution in [0, 0.1) is 12.7 Å². The van der Waals surface area contributed by atoms with Gasteiger partial charge in [0.25, 0.3) is 5.56 Å². The molecule has 0 spiro atoms. The van der Waals surface area contributed by atoms with E-state index in [4.69, 9.17) is 11.5 Å². The van der Waals surface area contributed by atoms with Crippen LogP contribution in [0.4, 0.5) is 15.8 Å². The van der Waals surface area contributed by atoms with Crippen molar-refractivity contribution >= 4 is 22.1 Å². The first-order valence-corrected chi connectivity index (χ1v) is 8.84. The molecule has 1 heterocycles. The maximum absolute atomic E-state index is 14.5. The minimum atomic E-state index is -0.344. The summed E-state index contributed by atoms with van der Waals surface area (Å²) in [6.45, 7) is 1.96. The molecule has 5 N–H and O–H groups in total. The SMILES string of the molecule is Cc1ccc2c(=O)[nH]nc(Cc3ccc(F)c(-c4ccc(N)c(N)c4)c3)c2c1. The lowest BCUT2D eigenvalue weighted by molar-refractivity contribution is 0.630. The summed E-state index contributed by atoms with van der Waals surface area (Å²) in [5.41, 5.74) is 16.0. The van der Waals surface area contributed by atoms with Crippen LogP contribution in [0.3, 0.4) is 0 Å². The Bertz CT molecular complexity index is 1260. The molecule has 3 aromatic carbocycles.